The number of hydrogen-bond acceptors (Lipinski definition) is 4. The summed E-state index contributed by atoms with van der Waals surface area (Å²) in [6, 6.07) is 12.8. The van der Waals surface area contributed by atoms with Gasteiger partial charge in [0.05, 0.1) is 6.21 Å². The smallest absolute Gasteiger partial charge is 0.344 e. The molecule has 0 aliphatic rings. The molecule has 0 aromatic heterocycles. The molecular formula is C17H16ClN3O4. The van der Waals surface area contributed by atoms with Gasteiger partial charge in [-0.05, 0) is 55.0 Å². The van der Waals surface area contributed by atoms with Gasteiger partial charge in [-0.15, -0.1) is 0 Å². The van der Waals surface area contributed by atoms with Crippen LogP contribution in [0, 0.1) is 0 Å². The molecule has 0 bridgehead atoms. The van der Waals surface area contributed by atoms with E-state index in [0.29, 0.717) is 22.0 Å². The van der Waals surface area contributed by atoms with E-state index in [9.17, 15) is 9.59 Å². The summed E-state index contributed by atoms with van der Waals surface area (Å²) in [4.78, 5) is 22.4. The average molecular weight is 362 g/mol. The van der Waals surface area contributed by atoms with Crippen LogP contribution in [-0.4, -0.2) is 29.4 Å². The molecule has 3 N–H and O–H groups in total. The van der Waals surface area contributed by atoms with Gasteiger partial charge in [0.15, 0.2) is 6.10 Å². The molecule has 0 saturated heterocycles. The van der Waals surface area contributed by atoms with Gasteiger partial charge in [0.2, 0.25) is 0 Å². The number of nitrogens with one attached hydrogen (secondary N) is 2. The summed E-state index contributed by atoms with van der Waals surface area (Å²) in [5, 5.41) is 15.7. The van der Waals surface area contributed by atoms with Gasteiger partial charge in [0.1, 0.15) is 5.75 Å². The van der Waals surface area contributed by atoms with Gasteiger partial charge in [-0.25, -0.2) is 15.0 Å². The minimum absolute atomic E-state index is 0.429. The third-order valence-electron chi connectivity index (χ3n) is 3.00. The minimum Gasteiger partial charge on any atom is -0.479 e. The van der Waals surface area contributed by atoms with Crippen molar-refractivity contribution in [3.8, 4) is 5.75 Å². The number of ether oxygens (including phenoxy) is 1. The van der Waals surface area contributed by atoms with Crippen molar-refractivity contribution in [3.05, 3.63) is 59.1 Å². The number of carboxylic acid groups (broad SMARTS) is 1. The van der Waals surface area contributed by atoms with Crippen LogP contribution in [0.5, 0.6) is 5.75 Å². The number of anilines is 1. The first kappa shape index (κ1) is 18.3. The molecule has 0 aliphatic carbocycles. The highest BCUT2D eigenvalue weighted by atomic mass is 35.5. The van der Waals surface area contributed by atoms with Gasteiger partial charge < -0.3 is 15.2 Å². The SMILES string of the molecule is C[C@H](Oc1ccc(/C=N/NC(=O)Nc2cccc(Cl)c2)cc1)C(=O)O. The Morgan fingerprint density at radius 1 is 1.24 bits per heavy atom. The monoisotopic (exact) mass is 361 g/mol. The highest BCUT2D eigenvalue weighted by molar-refractivity contribution is 6.30. The number of benzene rings is 2. The molecular weight excluding hydrogens is 346 g/mol. The highest BCUT2D eigenvalue weighted by Crippen LogP contribution is 2.15. The van der Waals surface area contributed by atoms with E-state index in [1.54, 1.807) is 48.5 Å². The third kappa shape index (κ3) is 6.15. The summed E-state index contributed by atoms with van der Waals surface area (Å²) >= 11 is 5.83. The number of urea groups is 1. The summed E-state index contributed by atoms with van der Waals surface area (Å²) in [5.74, 6) is -0.612. The highest BCUT2D eigenvalue weighted by Gasteiger charge is 2.11. The van der Waals surface area contributed by atoms with Crippen molar-refractivity contribution in [3.63, 3.8) is 0 Å². The van der Waals surface area contributed by atoms with Crippen molar-refractivity contribution in [1.82, 2.24) is 5.43 Å². The van der Waals surface area contributed by atoms with Crippen molar-refractivity contribution in [1.29, 1.82) is 0 Å². The number of hydrogen-bond donors (Lipinski definition) is 3. The number of carbonyl (C=O) groups is 2. The number of nitrogens with zero attached hydrogens (tertiary/aromatic N) is 1. The van der Waals surface area contributed by atoms with Crippen LogP contribution in [0.15, 0.2) is 53.6 Å². The summed E-state index contributed by atoms with van der Waals surface area (Å²) in [6.45, 7) is 1.44. The molecule has 0 fully saturated rings. The standard InChI is InChI=1S/C17H16ClN3O4/c1-11(16(22)23)25-15-7-5-12(6-8-15)10-19-21-17(24)20-14-4-2-3-13(18)9-14/h2-11H,1H3,(H,22,23)(H2,20,21,24)/b19-10+/t11-/m0/s1. The predicted octanol–water partition coefficient (Wildman–Crippen LogP) is 3.35. The summed E-state index contributed by atoms with van der Waals surface area (Å²) in [7, 11) is 0. The molecule has 0 spiro atoms. The maximum atomic E-state index is 11.7. The van der Waals surface area contributed by atoms with Crippen molar-refractivity contribution in [2.75, 3.05) is 5.32 Å². The van der Waals surface area contributed by atoms with Crippen LogP contribution in [-0.2, 0) is 4.79 Å². The first-order chi connectivity index (χ1) is 11.9. The van der Waals surface area contributed by atoms with Crippen molar-refractivity contribution in [2.24, 2.45) is 5.10 Å². The van der Waals surface area contributed by atoms with Gasteiger partial charge in [-0.3, -0.25) is 0 Å². The Bertz CT molecular complexity index is 778. The van der Waals surface area contributed by atoms with Crippen LogP contribution < -0.4 is 15.5 Å². The van der Waals surface area contributed by atoms with Gasteiger partial charge in [0.25, 0.3) is 0 Å². The van der Waals surface area contributed by atoms with E-state index in [2.05, 4.69) is 15.8 Å². The first-order valence-electron chi connectivity index (χ1n) is 7.29. The van der Waals surface area contributed by atoms with E-state index in [4.69, 9.17) is 21.4 Å². The number of halogens is 1. The molecule has 0 unspecified atom stereocenters. The maximum Gasteiger partial charge on any atom is 0.344 e. The average Bonchev–Trinajstić information content (AvgIpc) is 2.56. The van der Waals surface area contributed by atoms with Gasteiger partial charge in [-0.1, -0.05) is 17.7 Å². The lowest BCUT2D eigenvalue weighted by Crippen LogP contribution is -2.24. The summed E-state index contributed by atoms with van der Waals surface area (Å²) < 4.78 is 5.21. The Kier molecular flexibility index (Phi) is 6.36. The number of aliphatic carboxylic acids is 1. The van der Waals surface area contributed by atoms with Gasteiger partial charge in [-0.2, -0.15) is 5.10 Å². The fourth-order valence-electron chi connectivity index (χ4n) is 1.78. The van der Waals surface area contributed by atoms with Crippen LogP contribution in [0.2, 0.25) is 5.02 Å². The molecule has 130 valence electrons. The largest absolute Gasteiger partial charge is 0.479 e. The molecule has 7 nitrogen and oxygen atoms in total. The topological polar surface area (TPSA) is 100 Å². The zero-order valence-corrected chi connectivity index (χ0v) is 14.0. The number of amides is 2. The maximum absolute atomic E-state index is 11.7. The Morgan fingerprint density at radius 3 is 2.60 bits per heavy atom. The summed E-state index contributed by atoms with van der Waals surface area (Å²) in [5.41, 5.74) is 3.59. The Labute approximate surface area is 149 Å². The second-order valence-electron chi connectivity index (χ2n) is 5.00. The van der Waals surface area contributed by atoms with Crippen molar-refractivity contribution in [2.45, 2.75) is 13.0 Å². The van der Waals surface area contributed by atoms with Gasteiger partial charge >= 0.3 is 12.0 Å². The quantitative estimate of drug-likeness (QED) is 0.542. The Balaban J connectivity index is 1.85. The lowest BCUT2D eigenvalue weighted by atomic mass is 10.2. The Morgan fingerprint density at radius 2 is 1.96 bits per heavy atom. The lowest BCUT2D eigenvalue weighted by Gasteiger charge is -2.09. The molecule has 8 heteroatoms. The fraction of sp³-hybridized carbons (Fsp3) is 0.118. The second kappa shape index (κ2) is 8.70. The first-order valence-corrected chi connectivity index (χ1v) is 7.67. The van der Waals surface area contributed by atoms with E-state index in [1.165, 1.54) is 13.1 Å². The number of rotatable bonds is 6. The molecule has 25 heavy (non-hydrogen) atoms. The minimum atomic E-state index is -1.04. The number of carbonyl (C=O) groups excluding carboxylic acids is 1. The van der Waals surface area contributed by atoms with E-state index < -0.39 is 18.1 Å². The van der Waals surface area contributed by atoms with Crippen LogP contribution in [0.1, 0.15) is 12.5 Å². The van der Waals surface area contributed by atoms with E-state index in [1.807, 2.05) is 0 Å². The van der Waals surface area contributed by atoms with Crippen molar-refractivity contribution < 1.29 is 19.4 Å². The van der Waals surface area contributed by atoms with Crippen LogP contribution in [0.25, 0.3) is 0 Å². The molecule has 2 aromatic carbocycles. The van der Waals surface area contributed by atoms with E-state index in [0.717, 1.165) is 0 Å². The summed E-state index contributed by atoms with van der Waals surface area (Å²) in [6.07, 6.45) is 0.512. The molecule has 0 radical (unpaired) electrons. The Hall–Kier alpha value is -3.06. The zero-order chi connectivity index (χ0) is 18.2. The predicted molar refractivity (Wildman–Crippen MR) is 95.4 cm³/mol. The van der Waals surface area contributed by atoms with Crippen molar-refractivity contribution >= 4 is 35.5 Å². The van der Waals surface area contributed by atoms with Crippen LogP contribution in [0.4, 0.5) is 10.5 Å². The molecule has 2 rings (SSSR count). The number of carboxylic acids is 1. The fourth-order valence-corrected chi connectivity index (χ4v) is 1.97. The van der Waals surface area contributed by atoms with E-state index >= 15 is 0 Å². The molecule has 0 aliphatic heterocycles. The van der Waals surface area contributed by atoms with Crippen LogP contribution in [0.3, 0.4) is 0 Å². The number of hydrazone groups is 1. The normalized spacial score (nSPS) is 11.8. The molecule has 2 amide bonds. The zero-order valence-electron chi connectivity index (χ0n) is 13.3. The van der Waals surface area contributed by atoms with E-state index in [-0.39, 0.29) is 0 Å². The molecule has 1 atom stereocenters. The van der Waals surface area contributed by atoms with Crippen LogP contribution >= 0.6 is 11.6 Å². The lowest BCUT2D eigenvalue weighted by molar-refractivity contribution is -0.144. The third-order valence-corrected chi connectivity index (χ3v) is 3.24. The second-order valence-corrected chi connectivity index (χ2v) is 5.44. The molecule has 0 heterocycles. The molecule has 2 aromatic rings. The molecule has 0 saturated carbocycles. The van der Waals surface area contributed by atoms with Gasteiger partial charge in [0, 0.05) is 10.7 Å².